The SMILES string of the molecule is CCNC(=NCc1ccc2c(c1)OCO2)NCCN(C)C1CCCC1.I. The maximum Gasteiger partial charge on any atom is 0.231 e. The van der Waals surface area contributed by atoms with Gasteiger partial charge >= 0.3 is 0 Å². The van der Waals surface area contributed by atoms with Gasteiger partial charge in [-0.05, 0) is 44.5 Å². The lowest BCUT2D eigenvalue weighted by atomic mass is 10.2. The molecule has 1 aliphatic heterocycles. The van der Waals surface area contributed by atoms with Crippen molar-refractivity contribution >= 4 is 29.9 Å². The number of guanidine groups is 1. The summed E-state index contributed by atoms with van der Waals surface area (Å²) in [4.78, 5) is 7.16. The Balaban J connectivity index is 0.00000243. The second kappa shape index (κ2) is 10.8. The highest BCUT2D eigenvalue weighted by molar-refractivity contribution is 14.0. The summed E-state index contributed by atoms with van der Waals surface area (Å²) in [7, 11) is 2.23. The lowest BCUT2D eigenvalue weighted by Gasteiger charge is -2.24. The second-order valence-corrected chi connectivity index (χ2v) is 6.73. The largest absolute Gasteiger partial charge is 0.454 e. The van der Waals surface area contributed by atoms with Crippen LogP contribution in [0.15, 0.2) is 23.2 Å². The topological polar surface area (TPSA) is 58.1 Å². The molecule has 1 heterocycles. The molecule has 0 unspecified atom stereocenters. The number of ether oxygens (including phenoxy) is 2. The van der Waals surface area contributed by atoms with Crippen molar-refractivity contribution in [2.45, 2.75) is 45.2 Å². The summed E-state index contributed by atoms with van der Waals surface area (Å²) in [5, 5.41) is 6.75. The molecule has 0 bridgehead atoms. The molecule has 0 atom stereocenters. The molecular weight excluding hydrogens is 443 g/mol. The van der Waals surface area contributed by atoms with Crippen LogP contribution in [0, 0.1) is 0 Å². The number of aliphatic imine (C=N–C) groups is 1. The summed E-state index contributed by atoms with van der Waals surface area (Å²) in [5.74, 6) is 2.48. The second-order valence-electron chi connectivity index (χ2n) is 6.73. The Bertz CT molecular complexity index is 591. The van der Waals surface area contributed by atoms with Crippen molar-refractivity contribution in [1.29, 1.82) is 0 Å². The highest BCUT2D eigenvalue weighted by Gasteiger charge is 2.18. The van der Waals surface area contributed by atoms with E-state index in [1.54, 1.807) is 0 Å². The maximum atomic E-state index is 5.43. The van der Waals surface area contributed by atoms with Crippen LogP contribution in [0.5, 0.6) is 11.5 Å². The maximum absolute atomic E-state index is 5.43. The first-order valence-corrected chi connectivity index (χ1v) is 9.37. The highest BCUT2D eigenvalue weighted by Crippen LogP contribution is 2.32. The van der Waals surface area contributed by atoms with Gasteiger partial charge < -0.3 is 25.0 Å². The van der Waals surface area contributed by atoms with Gasteiger partial charge in [-0.2, -0.15) is 0 Å². The van der Waals surface area contributed by atoms with E-state index in [0.717, 1.165) is 48.7 Å². The fraction of sp³-hybridized carbons (Fsp3) is 0.632. The minimum Gasteiger partial charge on any atom is -0.454 e. The minimum atomic E-state index is 0. The smallest absolute Gasteiger partial charge is 0.231 e. The molecule has 1 aromatic carbocycles. The van der Waals surface area contributed by atoms with E-state index in [-0.39, 0.29) is 24.0 Å². The van der Waals surface area contributed by atoms with E-state index in [0.29, 0.717) is 13.3 Å². The first kappa shape index (κ1) is 21.1. The average Bonchev–Trinajstić information content (AvgIpc) is 3.30. The number of likely N-dealkylation sites (N-methyl/N-ethyl adjacent to an activating group) is 1. The summed E-state index contributed by atoms with van der Waals surface area (Å²) < 4.78 is 10.8. The van der Waals surface area contributed by atoms with E-state index in [1.165, 1.54) is 25.7 Å². The summed E-state index contributed by atoms with van der Waals surface area (Å²) >= 11 is 0. The lowest BCUT2D eigenvalue weighted by molar-refractivity contribution is 0.174. The molecule has 26 heavy (non-hydrogen) atoms. The number of hydrogen-bond donors (Lipinski definition) is 2. The molecule has 7 heteroatoms. The number of nitrogens with zero attached hydrogens (tertiary/aromatic N) is 2. The van der Waals surface area contributed by atoms with Crippen molar-refractivity contribution in [2.24, 2.45) is 4.99 Å². The molecule has 0 radical (unpaired) electrons. The highest BCUT2D eigenvalue weighted by atomic mass is 127. The normalized spacial score (nSPS) is 16.7. The van der Waals surface area contributed by atoms with Crippen LogP contribution in [-0.4, -0.2) is 50.4 Å². The van der Waals surface area contributed by atoms with Crippen molar-refractivity contribution in [1.82, 2.24) is 15.5 Å². The van der Waals surface area contributed by atoms with Crippen LogP contribution in [0.3, 0.4) is 0 Å². The van der Waals surface area contributed by atoms with E-state index in [2.05, 4.69) is 34.5 Å². The van der Waals surface area contributed by atoms with Gasteiger partial charge in [0.15, 0.2) is 17.5 Å². The molecule has 2 aliphatic rings. The number of benzene rings is 1. The zero-order chi connectivity index (χ0) is 17.5. The Morgan fingerprint density at radius 3 is 2.73 bits per heavy atom. The van der Waals surface area contributed by atoms with E-state index in [1.807, 2.05) is 18.2 Å². The molecule has 0 aromatic heterocycles. The predicted molar refractivity (Wildman–Crippen MR) is 116 cm³/mol. The Hall–Kier alpha value is -1.22. The number of nitrogens with one attached hydrogen (secondary N) is 2. The quantitative estimate of drug-likeness (QED) is 0.362. The van der Waals surface area contributed by atoms with Crippen LogP contribution < -0.4 is 20.1 Å². The van der Waals surface area contributed by atoms with Gasteiger partial charge in [0.2, 0.25) is 6.79 Å². The van der Waals surface area contributed by atoms with Crippen LogP contribution in [0.25, 0.3) is 0 Å². The van der Waals surface area contributed by atoms with E-state index in [9.17, 15) is 0 Å². The van der Waals surface area contributed by atoms with Crippen molar-refractivity contribution < 1.29 is 9.47 Å². The molecule has 0 amide bonds. The van der Waals surface area contributed by atoms with Crippen molar-refractivity contribution in [2.75, 3.05) is 33.5 Å². The third-order valence-electron chi connectivity index (χ3n) is 4.91. The Morgan fingerprint density at radius 2 is 1.96 bits per heavy atom. The van der Waals surface area contributed by atoms with E-state index >= 15 is 0 Å². The van der Waals surface area contributed by atoms with Gasteiger partial charge in [-0.1, -0.05) is 18.9 Å². The zero-order valence-corrected chi connectivity index (χ0v) is 18.1. The molecule has 1 fully saturated rings. The first-order valence-electron chi connectivity index (χ1n) is 9.37. The molecule has 0 saturated heterocycles. The van der Waals surface area contributed by atoms with Gasteiger partial charge in [0.25, 0.3) is 0 Å². The fourth-order valence-corrected chi connectivity index (χ4v) is 3.43. The molecule has 3 rings (SSSR count). The predicted octanol–water partition coefficient (Wildman–Crippen LogP) is 2.96. The third-order valence-corrected chi connectivity index (χ3v) is 4.91. The standard InChI is InChI=1S/C19H30N4O2.HI/c1-3-20-19(21-10-11-23(2)16-6-4-5-7-16)22-13-15-8-9-17-18(12-15)25-14-24-17;/h8-9,12,16H,3-7,10-11,13-14H2,1-2H3,(H2,20,21,22);1H. The first-order chi connectivity index (χ1) is 12.3. The average molecular weight is 474 g/mol. The van der Waals surface area contributed by atoms with Crippen LogP contribution in [0.2, 0.25) is 0 Å². The van der Waals surface area contributed by atoms with E-state index < -0.39 is 0 Å². The van der Waals surface area contributed by atoms with Gasteiger partial charge in [-0.15, -0.1) is 24.0 Å². The summed E-state index contributed by atoms with van der Waals surface area (Å²) in [6, 6.07) is 6.75. The summed E-state index contributed by atoms with van der Waals surface area (Å²) in [5.41, 5.74) is 1.12. The van der Waals surface area contributed by atoms with Gasteiger partial charge in [-0.25, -0.2) is 4.99 Å². The molecule has 2 N–H and O–H groups in total. The van der Waals surface area contributed by atoms with Crippen LogP contribution in [0.4, 0.5) is 0 Å². The zero-order valence-electron chi connectivity index (χ0n) is 15.8. The van der Waals surface area contributed by atoms with Gasteiger partial charge in [0.05, 0.1) is 6.54 Å². The monoisotopic (exact) mass is 474 g/mol. The molecular formula is C19H31IN4O2. The molecule has 6 nitrogen and oxygen atoms in total. The number of halogens is 1. The molecule has 146 valence electrons. The fourth-order valence-electron chi connectivity index (χ4n) is 3.43. The van der Waals surface area contributed by atoms with Gasteiger partial charge in [0, 0.05) is 25.7 Å². The molecule has 1 saturated carbocycles. The van der Waals surface area contributed by atoms with Crippen LogP contribution >= 0.6 is 24.0 Å². The number of fused-ring (bicyclic) bond motifs is 1. The van der Waals surface area contributed by atoms with E-state index in [4.69, 9.17) is 9.47 Å². The number of rotatable bonds is 7. The molecule has 1 aliphatic carbocycles. The van der Waals surface area contributed by atoms with Crippen molar-refractivity contribution in [3.8, 4) is 11.5 Å². The van der Waals surface area contributed by atoms with Gasteiger partial charge in [0.1, 0.15) is 0 Å². The van der Waals surface area contributed by atoms with Crippen LogP contribution in [-0.2, 0) is 6.54 Å². The molecule has 0 spiro atoms. The summed E-state index contributed by atoms with van der Waals surface area (Å²) in [6.07, 6.45) is 5.44. The Morgan fingerprint density at radius 1 is 1.19 bits per heavy atom. The Labute approximate surface area is 173 Å². The Kier molecular flexibility index (Phi) is 8.77. The van der Waals surface area contributed by atoms with Crippen molar-refractivity contribution in [3.05, 3.63) is 23.8 Å². The minimum absolute atomic E-state index is 0. The molecule has 1 aromatic rings. The van der Waals surface area contributed by atoms with Crippen LogP contribution in [0.1, 0.15) is 38.2 Å². The van der Waals surface area contributed by atoms with Gasteiger partial charge in [-0.3, -0.25) is 0 Å². The van der Waals surface area contributed by atoms with Crippen molar-refractivity contribution in [3.63, 3.8) is 0 Å². The third kappa shape index (κ3) is 5.90. The number of hydrogen-bond acceptors (Lipinski definition) is 4. The summed E-state index contributed by atoms with van der Waals surface area (Å²) in [6.45, 7) is 5.80. The lowest BCUT2D eigenvalue weighted by Crippen LogP contribution is -2.42.